The maximum absolute atomic E-state index is 12.3. The Kier molecular flexibility index (Phi) is 27.1. The molecule has 0 unspecified atom stereocenters. The van der Waals surface area contributed by atoms with Gasteiger partial charge in [0.2, 0.25) is 6.41 Å². The fourth-order valence-electron chi connectivity index (χ4n) is 5.63. The number of aryl methyl sites for hydroxylation is 1. The van der Waals surface area contributed by atoms with Crippen molar-refractivity contribution in [1.82, 2.24) is 15.5 Å². The number of hydrogen-bond donors (Lipinski definition) is 2. The Bertz CT molecular complexity index is 765. The van der Waals surface area contributed by atoms with Gasteiger partial charge in [-0.15, -0.1) is 0 Å². The fraction of sp³-hybridized carbons (Fsp3) is 0.784. The molecule has 0 aliphatic carbocycles. The SMILES string of the molecule is CCCCN(CCCC)CCNC(=O)OCc1ccccc1CCCCCCCCCCCCCCCCCCNC=O. The van der Waals surface area contributed by atoms with Crippen LogP contribution < -0.4 is 10.6 Å². The number of unbranched alkanes of at least 4 members (excludes halogenated alkanes) is 17. The van der Waals surface area contributed by atoms with Gasteiger partial charge in [-0.3, -0.25) is 4.79 Å². The van der Waals surface area contributed by atoms with E-state index in [0.717, 1.165) is 51.0 Å². The molecule has 1 aromatic carbocycles. The quantitative estimate of drug-likeness (QED) is 0.0657. The Morgan fingerprint density at radius 1 is 0.651 bits per heavy atom. The van der Waals surface area contributed by atoms with Crippen molar-refractivity contribution in [3.05, 3.63) is 35.4 Å². The van der Waals surface area contributed by atoms with E-state index in [-0.39, 0.29) is 6.09 Å². The molecule has 6 nitrogen and oxygen atoms in total. The monoisotopic (exact) mass is 602 g/mol. The van der Waals surface area contributed by atoms with Gasteiger partial charge in [-0.1, -0.05) is 141 Å². The van der Waals surface area contributed by atoms with Crippen LogP contribution >= 0.6 is 0 Å². The molecule has 0 aliphatic heterocycles. The third-order valence-corrected chi connectivity index (χ3v) is 8.43. The largest absolute Gasteiger partial charge is 0.445 e. The second-order valence-electron chi connectivity index (χ2n) is 12.3. The molecule has 0 bridgehead atoms. The van der Waals surface area contributed by atoms with E-state index in [0.29, 0.717) is 13.2 Å². The second-order valence-corrected chi connectivity index (χ2v) is 12.3. The summed E-state index contributed by atoms with van der Waals surface area (Å²) in [5, 5.41) is 5.68. The lowest BCUT2D eigenvalue weighted by Gasteiger charge is -2.22. The predicted octanol–water partition coefficient (Wildman–Crippen LogP) is 9.35. The maximum atomic E-state index is 12.3. The van der Waals surface area contributed by atoms with Crippen molar-refractivity contribution in [3.8, 4) is 0 Å². The van der Waals surface area contributed by atoms with Gasteiger partial charge in [-0.05, 0) is 56.3 Å². The van der Waals surface area contributed by atoms with E-state index in [1.807, 2.05) is 6.07 Å². The smallest absolute Gasteiger partial charge is 0.407 e. The molecule has 0 saturated heterocycles. The van der Waals surface area contributed by atoms with Crippen LogP contribution in [0.2, 0.25) is 0 Å². The molecule has 2 N–H and O–H groups in total. The van der Waals surface area contributed by atoms with Gasteiger partial charge in [0.15, 0.2) is 0 Å². The number of nitrogens with zero attached hydrogens (tertiary/aromatic N) is 1. The van der Waals surface area contributed by atoms with E-state index >= 15 is 0 Å². The van der Waals surface area contributed by atoms with Crippen molar-refractivity contribution in [1.29, 1.82) is 0 Å². The zero-order chi connectivity index (χ0) is 31.1. The van der Waals surface area contributed by atoms with Crippen LogP contribution in [-0.4, -0.2) is 50.1 Å². The topological polar surface area (TPSA) is 70.7 Å². The summed E-state index contributed by atoms with van der Waals surface area (Å²) < 4.78 is 5.58. The molecule has 43 heavy (non-hydrogen) atoms. The molecular formula is C37H67N3O3. The maximum Gasteiger partial charge on any atom is 0.407 e. The highest BCUT2D eigenvalue weighted by Gasteiger charge is 2.08. The first-order chi connectivity index (χ1) is 21.2. The van der Waals surface area contributed by atoms with Gasteiger partial charge in [-0.2, -0.15) is 0 Å². The minimum absolute atomic E-state index is 0.312. The fourth-order valence-corrected chi connectivity index (χ4v) is 5.63. The highest BCUT2D eigenvalue weighted by atomic mass is 16.5. The molecular weight excluding hydrogens is 534 g/mol. The van der Waals surface area contributed by atoms with Crippen LogP contribution in [0.25, 0.3) is 0 Å². The first-order valence-corrected chi connectivity index (χ1v) is 18.1. The lowest BCUT2D eigenvalue weighted by molar-refractivity contribution is -0.109. The van der Waals surface area contributed by atoms with E-state index in [1.165, 1.54) is 128 Å². The van der Waals surface area contributed by atoms with Gasteiger partial charge in [0.05, 0.1) is 0 Å². The molecule has 0 atom stereocenters. The van der Waals surface area contributed by atoms with Gasteiger partial charge in [0, 0.05) is 19.6 Å². The summed E-state index contributed by atoms with van der Waals surface area (Å²) in [5.74, 6) is 0. The van der Waals surface area contributed by atoms with Crippen LogP contribution in [-0.2, 0) is 22.6 Å². The summed E-state index contributed by atoms with van der Waals surface area (Å²) in [4.78, 5) is 25.0. The van der Waals surface area contributed by atoms with E-state index in [4.69, 9.17) is 4.74 Å². The van der Waals surface area contributed by atoms with Crippen LogP contribution in [0.15, 0.2) is 24.3 Å². The molecule has 1 rings (SSSR count). The first-order valence-electron chi connectivity index (χ1n) is 18.1. The number of benzene rings is 1. The van der Waals surface area contributed by atoms with Crippen molar-refractivity contribution in [2.75, 3.05) is 32.7 Å². The van der Waals surface area contributed by atoms with Gasteiger partial charge in [0.1, 0.15) is 6.61 Å². The van der Waals surface area contributed by atoms with Crippen LogP contribution in [0, 0.1) is 0 Å². The van der Waals surface area contributed by atoms with Gasteiger partial charge >= 0.3 is 6.09 Å². The number of alkyl carbamates (subject to hydrolysis) is 1. The average molecular weight is 602 g/mol. The van der Waals surface area contributed by atoms with E-state index in [2.05, 4.69) is 47.6 Å². The molecule has 1 aromatic rings. The van der Waals surface area contributed by atoms with Crippen LogP contribution in [0.4, 0.5) is 4.79 Å². The van der Waals surface area contributed by atoms with E-state index in [1.54, 1.807) is 0 Å². The molecule has 6 heteroatoms. The number of hydrogen-bond acceptors (Lipinski definition) is 4. The van der Waals surface area contributed by atoms with Crippen molar-refractivity contribution in [2.24, 2.45) is 0 Å². The molecule has 0 spiro atoms. The lowest BCUT2D eigenvalue weighted by atomic mass is 10.0. The van der Waals surface area contributed by atoms with Crippen molar-refractivity contribution >= 4 is 12.5 Å². The number of nitrogens with one attached hydrogen (secondary N) is 2. The van der Waals surface area contributed by atoms with Crippen LogP contribution in [0.1, 0.15) is 153 Å². The number of ether oxygens (including phenoxy) is 1. The summed E-state index contributed by atoms with van der Waals surface area (Å²) >= 11 is 0. The molecule has 0 aromatic heterocycles. The highest BCUT2D eigenvalue weighted by Crippen LogP contribution is 2.17. The van der Waals surface area contributed by atoms with E-state index < -0.39 is 0 Å². The Hall–Kier alpha value is -2.08. The van der Waals surface area contributed by atoms with E-state index in [9.17, 15) is 9.59 Å². The van der Waals surface area contributed by atoms with Gasteiger partial charge in [-0.25, -0.2) is 4.79 Å². The number of amides is 2. The number of carbonyl (C=O) groups excluding carboxylic acids is 2. The van der Waals surface area contributed by atoms with Gasteiger partial charge in [0.25, 0.3) is 0 Å². The van der Waals surface area contributed by atoms with Crippen LogP contribution in [0.3, 0.4) is 0 Å². The Morgan fingerprint density at radius 2 is 1.14 bits per heavy atom. The third kappa shape index (κ3) is 24.0. The van der Waals surface area contributed by atoms with Crippen LogP contribution in [0.5, 0.6) is 0 Å². The number of carbonyl (C=O) groups is 2. The molecule has 0 heterocycles. The predicted molar refractivity (Wildman–Crippen MR) is 183 cm³/mol. The number of rotatable bonds is 31. The zero-order valence-corrected chi connectivity index (χ0v) is 28.2. The minimum Gasteiger partial charge on any atom is -0.445 e. The third-order valence-electron chi connectivity index (χ3n) is 8.43. The summed E-state index contributed by atoms with van der Waals surface area (Å²) in [6.45, 7) is 9.35. The molecule has 0 saturated carbocycles. The minimum atomic E-state index is -0.312. The Morgan fingerprint density at radius 3 is 1.65 bits per heavy atom. The summed E-state index contributed by atoms with van der Waals surface area (Å²) in [6.07, 6.45) is 27.6. The molecule has 0 aliphatic rings. The summed E-state index contributed by atoms with van der Waals surface area (Å²) in [6, 6.07) is 8.42. The van der Waals surface area contributed by atoms with Crippen molar-refractivity contribution in [2.45, 2.75) is 155 Å². The second kappa shape index (κ2) is 30.0. The summed E-state index contributed by atoms with van der Waals surface area (Å²) in [5.41, 5.74) is 2.45. The first kappa shape index (κ1) is 38.9. The standard InChI is InChI=1S/C37H67N3O3/c1-3-5-30-40(31-6-4-2)32-29-39-37(42)43-33-36-27-23-22-26-35(36)25-21-19-17-15-13-11-9-7-8-10-12-14-16-18-20-24-28-38-34-41/h22-23,26-27,34H,3-21,24-25,28-33H2,1-2H3,(H,38,41)(H,39,42). The molecule has 248 valence electrons. The average Bonchev–Trinajstić information content (AvgIpc) is 3.02. The molecule has 0 fully saturated rings. The van der Waals surface area contributed by atoms with Crippen molar-refractivity contribution < 1.29 is 14.3 Å². The summed E-state index contributed by atoms with van der Waals surface area (Å²) in [7, 11) is 0. The molecule has 0 radical (unpaired) electrons. The lowest BCUT2D eigenvalue weighted by Crippen LogP contribution is -2.36. The highest BCUT2D eigenvalue weighted by molar-refractivity contribution is 5.67. The normalized spacial score (nSPS) is 11.1. The Labute approximate surface area is 265 Å². The zero-order valence-electron chi connectivity index (χ0n) is 28.2. The van der Waals surface area contributed by atoms with Gasteiger partial charge < -0.3 is 20.3 Å². The molecule has 2 amide bonds. The van der Waals surface area contributed by atoms with Crippen molar-refractivity contribution in [3.63, 3.8) is 0 Å². The Balaban J connectivity index is 2.03.